The fourth-order valence-electron chi connectivity index (χ4n) is 6.16. The molecular formula is C30H36F3N7S. The van der Waals surface area contributed by atoms with Crippen molar-refractivity contribution in [2.24, 2.45) is 13.0 Å². The zero-order valence-corrected chi connectivity index (χ0v) is 24.3. The second-order valence-corrected chi connectivity index (χ2v) is 13.0. The Kier molecular flexibility index (Phi) is 7.46. The van der Waals surface area contributed by atoms with E-state index in [9.17, 15) is 13.2 Å². The molecule has 4 aliphatic rings. The van der Waals surface area contributed by atoms with Crippen molar-refractivity contribution in [3.63, 3.8) is 0 Å². The second-order valence-electron chi connectivity index (χ2n) is 11.3. The van der Waals surface area contributed by atoms with Crippen LogP contribution in [0.3, 0.4) is 0 Å². The highest BCUT2D eigenvalue weighted by molar-refractivity contribution is 8.11. The molecule has 1 saturated carbocycles. The fourth-order valence-corrected chi connectivity index (χ4v) is 6.95. The van der Waals surface area contributed by atoms with Crippen LogP contribution in [-0.4, -0.2) is 79.9 Å². The lowest BCUT2D eigenvalue weighted by Gasteiger charge is -2.36. The molecule has 41 heavy (non-hydrogen) atoms. The molecule has 2 unspecified atom stereocenters. The van der Waals surface area contributed by atoms with Crippen LogP contribution in [0.5, 0.6) is 0 Å². The van der Waals surface area contributed by atoms with Crippen LogP contribution < -0.4 is 4.90 Å². The van der Waals surface area contributed by atoms with E-state index in [0.717, 1.165) is 56.1 Å². The highest BCUT2D eigenvalue weighted by atomic mass is 32.2. The molecule has 218 valence electrons. The minimum atomic E-state index is -4.49. The molecule has 3 aliphatic heterocycles. The minimum absolute atomic E-state index is 0.0462. The molecule has 0 radical (unpaired) electrons. The van der Waals surface area contributed by atoms with Crippen LogP contribution in [0.4, 0.5) is 18.9 Å². The van der Waals surface area contributed by atoms with Crippen molar-refractivity contribution < 1.29 is 13.2 Å². The Morgan fingerprint density at radius 2 is 1.85 bits per heavy atom. The molecule has 1 aliphatic carbocycles. The number of aryl methyl sites for hydroxylation is 1. The summed E-state index contributed by atoms with van der Waals surface area (Å²) < 4.78 is 47.4. The minimum Gasteiger partial charge on any atom is -0.320 e. The number of hydrogen-bond donors (Lipinski definition) is 0. The first-order valence-electron chi connectivity index (χ1n) is 14.0. The van der Waals surface area contributed by atoms with Gasteiger partial charge >= 0.3 is 6.18 Å². The number of benzene rings is 1. The predicted molar refractivity (Wildman–Crippen MR) is 159 cm³/mol. The Balaban J connectivity index is 1.28. The van der Waals surface area contributed by atoms with Gasteiger partial charge in [-0.15, -0.1) is 20.9 Å². The molecule has 0 spiro atoms. The smallest absolute Gasteiger partial charge is 0.320 e. The van der Waals surface area contributed by atoms with E-state index < -0.39 is 11.7 Å². The topological polar surface area (TPSA) is 43.7 Å². The summed E-state index contributed by atoms with van der Waals surface area (Å²) in [5.41, 5.74) is 1.93. The molecule has 2 aromatic rings. The summed E-state index contributed by atoms with van der Waals surface area (Å²) in [5, 5.41) is 8.52. The third-order valence-electron chi connectivity index (χ3n) is 8.60. The number of alkyl halides is 3. The van der Waals surface area contributed by atoms with Gasteiger partial charge in [-0.3, -0.25) is 9.21 Å². The van der Waals surface area contributed by atoms with Gasteiger partial charge in [-0.1, -0.05) is 31.0 Å². The maximum absolute atomic E-state index is 14.4. The first-order valence-corrected chi connectivity index (χ1v) is 15.7. The van der Waals surface area contributed by atoms with Crippen molar-refractivity contribution in [2.45, 2.75) is 31.4 Å². The number of piperazine rings is 1. The number of hydrogen-bond acceptors (Lipinski definition) is 6. The van der Waals surface area contributed by atoms with Gasteiger partial charge in [0.2, 0.25) is 0 Å². The lowest BCUT2D eigenvalue weighted by Crippen LogP contribution is -2.44. The number of nitrogens with zero attached hydrogens (tertiary/aromatic N) is 7. The van der Waals surface area contributed by atoms with Crippen LogP contribution in [0.2, 0.25) is 0 Å². The van der Waals surface area contributed by atoms with Gasteiger partial charge in [0, 0.05) is 63.8 Å². The van der Waals surface area contributed by atoms with E-state index >= 15 is 0 Å². The Hall–Kier alpha value is -3.15. The highest BCUT2D eigenvalue weighted by Crippen LogP contribution is 2.46. The molecule has 4 heterocycles. The molecule has 1 saturated heterocycles. The standard InChI is InChI=1S/C30H36F3N7S/c1-21-39(25-10-6-9-24(16-25)28(23-7-5-8-23)29-35-34-20-36(29)2)19-27-26(30(31,32)33)15-22(18-40(21)27)17-37-11-13-38(14-12-37)41(3)4/h6,9-10,15-16,18-20,23,28H,1,3,5,7-8,11-14,17H2,2,4H3. The maximum atomic E-state index is 14.4. The summed E-state index contributed by atoms with van der Waals surface area (Å²) in [6, 6.07) is 8.02. The average molecular weight is 584 g/mol. The Morgan fingerprint density at radius 3 is 2.46 bits per heavy atom. The molecule has 1 aromatic heterocycles. The monoisotopic (exact) mass is 583 g/mol. The van der Waals surface area contributed by atoms with Gasteiger partial charge in [0.1, 0.15) is 18.0 Å². The molecule has 0 bridgehead atoms. The van der Waals surface area contributed by atoms with Crippen LogP contribution in [0.25, 0.3) is 0 Å². The highest BCUT2D eigenvalue weighted by Gasteiger charge is 2.43. The van der Waals surface area contributed by atoms with E-state index in [4.69, 9.17) is 0 Å². The molecule has 0 N–H and O–H groups in total. The van der Waals surface area contributed by atoms with Gasteiger partial charge < -0.3 is 14.4 Å². The molecule has 2 fully saturated rings. The zero-order chi connectivity index (χ0) is 28.9. The lowest BCUT2D eigenvalue weighted by atomic mass is 9.72. The first kappa shape index (κ1) is 28.0. The summed E-state index contributed by atoms with van der Waals surface area (Å²) in [6.07, 6.45) is 7.41. The Bertz CT molecular complexity index is 1440. The van der Waals surface area contributed by atoms with Crippen LogP contribution >= 0.6 is 10.7 Å². The fraction of sp³-hybridized carbons (Fsp3) is 0.433. The van der Waals surface area contributed by atoms with E-state index in [-0.39, 0.29) is 22.3 Å². The lowest BCUT2D eigenvalue weighted by molar-refractivity contribution is -0.0909. The average Bonchev–Trinajstić information content (AvgIpc) is 3.48. The van der Waals surface area contributed by atoms with Crippen LogP contribution in [0.15, 0.2) is 78.3 Å². The molecule has 2 atom stereocenters. The summed E-state index contributed by atoms with van der Waals surface area (Å²) >= 11 is 0. The van der Waals surface area contributed by atoms with E-state index in [0.29, 0.717) is 23.9 Å². The normalized spacial score (nSPS) is 22.2. The molecule has 7 nitrogen and oxygen atoms in total. The third-order valence-corrected chi connectivity index (χ3v) is 9.85. The zero-order valence-electron chi connectivity index (χ0n) is 23.5. The van der Waals surface area contributed by atoms with Crippen LogP contribution in [-0.2, 0) is 7.05 Å². The van der Waals surface area contributed by atoms with E-state index in [1.54, 1.807) is 22.3 Å². The number of fused-ring (bicyclic) bond motifs is 1. The summed E-state index contributed by atoms with van der Waals surface area (Å²) in [7, 11) is 1.90. The second kappa shape index (κ2) is 10.9. The van der Waals surface area contributed by atoms with Crippen molar-refractivity contribution >= 4 is 22.2 Å². The molecule has 0 amide bonds. The molecule has 11 heteroatoms. The van der Waals surface area contributed by atoms with Gasteiger partial charge in [0.15, 0.2) is 0 Å². The van der Waals surface area contributed by atoms with Crippen molar-refractivity contribution in [2.75, 3.05) is 43.9 Å². The first-order chi connectivity index (χ1) is 19.6. The van der Waals surface area contributed by atoms with Crippen LogP contribution in [0, 0.1) is 5.92 Å². The summed E-state index contributed by atoms with van der Waals surface area (Å²) in [4.78, 5) is 5.57. The van der Waals surface area contributed by atoms with Gasteiger partial charge in [-0.05, 0) is 54.4 Å². The maximum Gasteiger partial charge on any atom is 0.418 e. The number of halogens is 3. The molecule has 6 rings (SSSR count). The number of allylic oxidation sites excluding steroid dienone is 1. The van der Waals surface area contributed by atoms with Gasteiger partial charge in [0.05, 0.1) is 11.3 Å². The third kappa shape index (κ3) is 5.42. The Labute approximate surface area is 242 Å². The van der Waals surface area contributed by atoms with Crippen molar-refractivity contribution in [3.05, 3.63) is 89.7 Å². The van der Waals surface area contributed by atoms with Gasteiger partial charge in [-0.2, -0.15) is 13.2 Å². The number of rotatable bonds is 7. The van der Waals surface area contributed by atoms with Crippen molar-refractivity contribution in [1.29, 1.82) is 0 Å². The van der Waals surface area contributed by atoms with Crippen molar-refractivity contribution in [1.82, 2.24) is 28.9 Å². The van der Waals surface area contributed by atoms with E-state index in [1.807, 2.05) is 29.9 Å². The van der Waals surface area contributed by atoms with E-state index in [1.165, 1.54) is 12.5 Å². The number of aromatic nitrogens is 3. The summed E-state index contributed by atoms with van der Waals surface area (Å²) in [5.74, 6) is 6.04. The molecular weight excluding hydrogens is 547 g/mol. The van der Waals surface area contributed by atoms with Gasteiger partial charge in [-0.25, -0.2) is 0 Å². The summed E-state index contributed by atoms with van der Waals surface area (Å²) in [6.45, 7) is 8.03. The number of anilines is 1. The Morgan fingerprint density at radius 1 is 1.10 bits per heavy atom. The van der Waals surface area contributed by atoms with Crippen molar-refractivity contribution in [3.8, 4) is 0 Å². The van der Waals surface area contributed by atoms with Crippen LogP contribution in [0.1, 0.15) is 36.6 Å². The SMILES string of the molecule is C=C1N2C=C(CN3CCN(S(=C)C)CC3)C=C(C(F)(F)F)C2=CN1c1cccc(C(c2nncn2C)C2CCC2)c1. The quantitative estimate of drug-likeness (QED) is 0.405. The predicted octanol–water partition coefficient (Wildman–Crippen LogP) is 5.43. The largest absolute Gasteiger partial charge is 0.418 e. The molecule has 1 aromatic carbocycles. The van der Waals surface area contributed by atoms with Gasteiger partial charge in [0.25, 0.3) is 0 Å². The van der Waals surface area contributed by atoms with E-state index in [2.05, 4.69) is 50.2 Å².